The second-order valence-electron chi connectivity index (χ2n) is 10.9. The van der Waals surface area contributed by atoms with Crippen molar-refractivity contribution in [1.82, 2.24) is 0 Å². The third kappa shape index (κ3) is 12.6. The summed E-state index contributed by atoms with van der Waals surface area (Å²) in [5.74, 6) is 0.602. The van der Waals surface area contributed by atoms with Crippen molar-refractivity contribution >= 4 is 5.97 Å². The van der Waals surface area contributed by atoms with Gasteiger partial charge in [-0.3, -0.25) is 4.79 Å². The molecule has 1 atom stereocenters. The summed E-state index contributed by atoms with van der Waals surface area (Å²) < 4.78 is 12.3. The lowest BCUT2D eigenvalue weighted by Gasteiger charge is -2.31. The molecule has 2 rings (SSSR count). The van der Waals surface area contributed by atoms with Gasteiger partial charge in [0.15, 0.2) is 0 Å². The number of unbranched alkanes of at least 4 members (excludes halogenated alkanes) is 8. The van der Waals surface area contributed by atoms with Crippen LogP contribution in [0.15, 0.2) is 54.6 Å². The first-order chi connectivity index (χ1) is 17.4. The number of nitrogens with zero attached hydrogens (tertiary/aromatic N) is 1. The Morgan fingerprint density at radius 1 is 0.806 bits per heavy atom. The number of carbonyl (C=O) groups is 1. The van der Waals surface area contributed by atoms with Gasteiger partial charge < -0.3 is 14.0 Å². The smallest absolute Gasteiger partial charge is 0.314 e. The maximum Gasteiger partial charge on any atom is 0.314 e. The van der Waals surface area contributed by atoms with Gasteiger partial charge in [-0.05, 0) is 31.4 Å². The van der Waals surface area contributed by atoms with Gasteiger partial charge in [-0.15, -0.1) is 0 Å². The molecule has 0 heterocycles. The summed E-state index contributed by atoms with van der Waals surface area (Å²) in [6, 6.07) is 18.7. The average Bonchev–Trinajstić information content (AvgIpc) is 2.86. The molecule has 0 fully saturated rings. The molecule has 0 N–H and O–H groups in total. The Balaban J connectivity index is 1.64. The molecule has 0 saturated carbocycles. The Hall–Kier alpha value is -2.33. The van der Waals surface area contributed by atoms with E-state index in [2.05, 4.69) is 57.4 Å². The second kappa shape index (κ2) is 17.2. The van der Waals surface area contributed by atoms with E-state index in [0.717, 1.165) is 29.7 Å². The van der Waals surface area contributed by atoms with Crippen LogP contribution in [0, 0.1) is 5.92 Å². The van der Waals surface area contributed by atoms with E-state index in [1.807, 2.05) is 25.1 Å². The Morgan fingerprint density at radius 3 is 2.11 bits per heavy atom. The zero-order chi connectivity index (χ0) is 26.1. The summed E-state index contributed by atoms with van der Waals surface area (Å²) in [5.41, 5.74) is 2.53. The number of quaternary nitrogens is 1. The lowest BCUT2D eigenvalue weighted by Crippen LogP contribution is -2.44. The van der Waals surface area contributed by atoms with Crippen LogP contribution >= 0.6 is 0 Å². The number of hydrogen-bond donors (Lipinski definition) is 0. The lowest BCUT2D eigenvalue weighted by molar-refractivity contribution is -0.905. The van der Waals surface area contributed by atoms with Crippen molar-refractivity contribution in [3.05, 3.63) is 65.7 Å². The van der Waals surface area contributed by atoms with Crippen molar-refractivity contribution in [2.45, 2.75) is 84.6 Å². The molecule has 4 heteroatoms. The van der Waals surface area contributed by atoms with Crippen LogP contribution in [-0.2, 0) is 22.5 Å². The van der Waals surface area contributed by atoms with Gasteiger partial charge in [0, 0.05) is 5.56 Å². The molecule has 1 unspecified atom stereocenters. The van der Waals surface area contributed by atoms with Crippen molar-refractivity contribution in [3.8, 4) is 5.75 Å². The van der Waals surface area contributed by atoms with Crippen molar-refractivity contribution in [1.29, 1.82) is 0 Å². The molecule has 0 aromatic heterocycles. The van der Waals surface area contributed by atoms with Crippen LogP contribution in [0.25, 0.3) is 0 Å². The summed E-state index contributed by atoms with van der Waals surface area (Å²) >= 11 is 0. The predicted octanol–water partition coefficient (Wildman–Crippen LogP) is 7.59. The first kappa shape index (κ1) is 29.9. The monoisotopic (exact) mass is 496 g/mol. The minimum absolute atomic E-state index is 0.152. The Bertz CT molecular complexity index is 849. The van der Waals surface area contributed by atoms with Gasteiger partial charge in [0.05, 0.1) is 20.6 Å². The standard InChI is InChI=1S/C32H50NO3/c1-5-6-7-8-9-10-11-12-16-21-30-22-17-18-23-31(30)35-24-25-36-32(34)28(2)26-33(3,4)27-29-19-14-13-15-20-29/h13-15,17-20,22-23,28H,5-12,16,21,24-27H2,1-4H3/q+1. The van der Waals surface area contributed by atoms with Gasteiger partial charge in [-0.25, -0.2) is 0 Å². The maximum atomic E-state index is 12.6. The number of carbonyl (C=O) groups excluding carboxylic acids is 1. The Labute approximate surface area is 220 Å². The van der Waals surface area contributed by atoms with E-state index in [1.54, 1.807) is 0 Å². The van der Waals surface area contributed by atoms with Gasteiger partial charge in [0.25, 0.3) is 0 Å². The van der Waals surface area contributed by atoms with Crippen molar-refractivity contribution < 1.29 is 18.8 Å². The lowest BCUT2D eigenvalue weighted by atomic mass is 10.0. The predicted molar refractivity (Wildman–Crippen MR) is 150 cm³/mol. The van der Waals surface area contributed by atoms with Gasteiger partial charge >= 0.3 is 5.97 Å². The minimum atomic E-state index is -0.164. The fourth-order valence-corrected chi connectivity index (χ4v) is 4.87. The van der Waals surface area contributed by atoms with Crippen molar-refractivity contribution in [3.63, 3.8) is 0 Å². The fourth-order valence-electron chi connectivity index (χ4n) is 4.87. The highest BCUT2D eigenvalue weighted by Gasteiger charge is 2.25. The van der Waals surface area contributed by atoms with Crippen LogP contribution in [-0.4, -0.2) is 44.3 Å². The summed E-state index contributed by atoms with van der Waals surface area (Å²) in [5, 5.41) is 0. The molecular formula is C32H50NO3+. The molecule has 200 valence electrons. The summed E-state index contributed by atoms with van der Waals surface area (Å²) in [6.07, 6.45) is 13.0. The van der Waals surface area contributed by atoms with Crippen LogP contribution in [0.2, 0.25) is 0 Å². The Kier molecular flexibility index (Phi) is 14.3. The van der Waals surface area contributed by atoms with Crippen molar-refractivity contribution in [2.24, 2.45) is 5.92 Å². The first-order valence-corrected chi connectivity index (χ1v) is 14.1. The number of ether oxygens (including phenoxy) is 2. The molecule has 0 saturated heterocycles. The molecule has 0 spiro atoms. The van der Waals surface area contributed by atoms with Gasteiger partial charge in [-0.1, -0.05) is 107 Å². The quantitative estimate of drug-likeness (QED) is 0.114. The summed E-state index contributed by atoms with van der Waals surface area (Å²) in [6.45, 7) is 6.50. The van der Waals surface area contributed by atoms with Crippen molar-refractivity contribution in [2.75, 3.05) is 33.9 Å². The van der Waals surface area contributed by atoms with E-state index < -0.39 is 0 Å². The molecule has 36 heavy (non-hydrogen) atoms. The molecule has 0 radical (unpaired) electrons. The van der Waals surface area contributed by atoms with E-state index in [4.69, 9.17) is 9.47 Å². The zero-order valence-corrected chi connectivity index (χ0v) is 23.3. The largest absolute Gasteiger partial charge is 0.490 e. The SMILES string of the molecule is CCCCCCCCCCCc1ccccc1OCCOC(=O)C(C)C[N+](C)(C)Cc1ccccc1. The number of esters is 1. The molecular weight excluding hydrogens is 446 g/mol. The van der Waals surface area contributed by atoms with E-state index in [9.17, 15) is 4.79 Å². The van der Waals surface area contributed by atoms with Crippen LogP contribution in [0.1, 0.15) is 82.8 Å². The fraction of sp³-hybridized carbons (Fsp3) is 0.594. The minimum Gasteiger partial charge on any atom is -0.490 e. The van der Waals surface area contributed by atoms with Crippen LogP contribution < -0.4 is 4.74 Å². The van der Waals surface area contributed by atoms with Gasteiger partial charge in [-0.2, -0.15) is 0 Å². The number of aryl methyl sites for hydroxylation is 1. The highest BCUT2D eigenvalue weighted by atomic mass is 16.6. The molecule has 4 nitrogen and oxygen atoms in total. The normalized spacial score (nSPS) is 12.3. The van der Waals surface area contributed by atoms with E-state index >= 15 is 0 Å². The number of para-hydroxylation sites is 1. The molecule has 0 aliphatic rings. The van der Waals surface area contributed by atoms with E-state index in [0.29, 0.717) is 6.61 Å². The molecule has 0 aliphatic heterocycles. The Morgan fingerprint density at radius 2 is 1.42 bits per heavy atom. The maximum absolute atomic E-state index is 12.6. The first-order valence-electron chi connectivity index (χ1n) is 14.1. The van der Waals surface area contributed by atoms with Gasteiger partial charge in [0.2, 0.25) is 0 Å². The topological polar surface area (TPSA) is 35.5 Å². The molecule has 2 aromatic carbocycles. The van der Waals surface area contributed by atoms with Crippen LogP contribution in [0.5, 0.6) is 5.75 Å². The molecule has 0 aliphatic carbocycles. The highest BCUT2D eigenvalue weighted by Crippen LogP contribution is 2.21. The molecule has 2 aromatic rings. The zero-order valence-electron chi connectivity index (χ0n) is 23.3. The highest BCUT2D eigenvalue weighted by molar-refractivity contribution is 5.72. The van der Waals surface area contributed by atoms with E-state index in [1.165, 1.54) is 68.9 Å². The van der Waals surface area contributed by atoms with Crippen LogP contribution in [0.4, 0.5) is 0 Å². The van der Waals surface area contributed by atoms with E-state index in [-0.39, 0.29) is 18.5 Å². The third-order valence-corrected chi connectivity index (χ3v) is 6.73. The average molecular weight is 497 g/mol. The molecule has 0 bridgehead atoms. The summed E-state index contributed by atoms with van der Waals surface area (Å²) in [7, 11) is 4.31. The third-order valence-electron chi connectivity index (χ3n) is 6.73. The summed E-state index contributed by atoms with van der Waals surface area (Å²) in [4.78, 5) is 12.6. The molecule has 0 amide bonds. The number of benzene rings is 2. The van der Waals surface area contributed by atoms with Gasteiger partial charge in [0.1, 0.15) is 31.4 Å². The second-order valence-corrected chi connectivity index (χ2v) is 10.9. The number of rotatable bonds is 19. The number of hydrogen-bond acceptors (Lipinski definition) is 3. The van der Waals surface area contributed by atoms with Crippen LogP contribution in [0.3, 0.4) is 0 Å².